The summed E-state index contributed by atoms with van der Waals surface area (Å²) < 4.78 is 33.1. The van der Waals surface area contributed by atoms with Gasteiger partial charge in [-0.05, 0) is 48.8 Å². The number of sulfonamides is 1. The Kier molecular flexibility index (Phi) is 7.63. The van der Waals surface area contributed by atoms with Crippen LogP contribution in [0.15, 0.2) is 56.8 Å². The molecule has 3 aromatic rings. The largest absolute Gasteiger partial charge is 0.339 e. The number of amides is 1. The minimum absolute atomic E-state index is 0.0596. The number of nitrogens with zero attached hydrogens (tertiary/aromatic N) is 4. The lowest BCUT2D eigenvalue weighted by atomic mass is 10.0. The van der Waals surface area contributed by atoms with Crippen LogP contribution < -0.4 is 0 Å². The number of hydrogen-bond donors (Lipinski definition) is 0. The first kappa shape index (κ1) is 25.4. The summed E-state index contributed by atoms with van der Waals surface area (Å²) in [4.78, 5) is 20.0. The summed E-state index contributed by atoms with van der Waals surface area (Å²) in [5.74, 6) is 0.883. The van der Waals surface area contributed by atoms with Crippen molar-refractivity contribution in [3.05, 3.63) is 59.5 Å². The molecular weight excluding hydrogens is 484 g/mol. The average molecular weight is 515 g/mol. The van der Waals surface area contributed by atoms with Crippen molar-refractivity contribution >= 4 is 27.7 Å². The normalized spacial score (nSPS) is 14.3. The second kappa shape index (κ2) is 10.5. The molecule has 2 aromatic carbocycles. The second-order valence-corrected chi connectivity index (χ2v) is 11.8. The molecule has 0 atom stereocenters. The van der Waals surface area contributed by atoms with Crippen LogP contribution in [0.4, 0.5) is 0 Å². The number of aromatic nitrogens is 2. The molecule has 186 valence electrons. The van der Waals surface area contributed by atoms with Crippen LogP contribution in [0.1, 0.15) is 54.4 Å². The van der Waals surface area contributed by atoms with Gasteiger partial charge in [0.25, 0.3) is 5.91 Å². The summed E-state index contributed by atoms with van der Waals surface area (Å²) in [5.41, 5.74) is 2.42. The third-order valence-corrected chi connectivity index (χ3v) is 8.76. The lowest BCUT2D eigenvalue weighted by Crippen LogP contribution is -2.29. The second-order valence-electron chi connectivity index (χ2n) is 8.91. The number of rotatable bonds is 8. The fourth-order valence-corrected chi connectivity index (χ4v) is 5.73. The Morgan fingerprint density at radius 2 is 1.83 bits per heavy atom. The maximum Gasteiger partial charge on any atom is 0.255 e. The van der Waals surface area contributed by atoms with Crippen molar-refractivity contribution in [1.29, 1.82) is 0 Å². The van der Waals surface area contributed by atoms with E-state index in [-0.39, 0.29) is 23.2 Å². The van der Waals surface area contributed by atoms with Gasteiger partial charge < -0.3 is 9.42 Å². The van der Waals surface area contributed by atoms with Crippen molar-refractivity contribution in [2.45, 2.75) is 48.9 Å². The number of carbonyl (C=O) groups is 1. The quantitative estimate of drug-likeness (QED) is 0.404. The summed E-state index contributed by atoms with van der Waals surface area (Å²) in [6, 6.07) is 12.6. The van der Waals surface area contributed by atoms with Crippen LogP contribution in [0, 0.1) is 0 Å². The molecule has 0 aliphatic carbocycles. The van der Waals surface area contributed by atoms with Crippen LogP contribution in [0.2, 0.25) is 0 Å². The van der Waals surface area contributed by atoms with Crippen LogP contribution in [0.25, 0.3) is 11.4 Å². The lowest BCUT2D eigenvalue weighted by Gasteiger charge is -2.19. The number of benzene rings is 2. The monoisotopic (exact) mass is 514 g/mol. The van der Waals surface area contributed by atoms with Crippen LogP contribution in [0.3, 0.4) is 0 Å². The molecule has 1 aliphatic rings. The molecule has 35 heavy (non-hydrogen) atoms. The van der Waals surface area contributed by atoms with Crippen molar-refractivity contribution < 1.29 is 17.7 Å². The molecule has 1 fully saturated rings. The smallest absolute Gasteiger partial charge is 0.255 e. The number of thioether (sulfide) groups is 1. The van der Waals surface area contributed by atoms with Gasteiger partial charge in [0.2, 0.25) is 21.7 Å². The Hall–Kier alpha value is -2.69. The van der Waals surface area contributed by atoms with E-state index in [9.17, 15) is 13.2 Å². The zero-order valence-corrected chi connectivity index (χ0v) is 22.0. The fourth-order valence-electron chi connectivity index (χ4n) is 4.01. The van der Waals surface area contributed by atoms with Crippen molar-refractivity contribution in [2.24, 2.45) is 0 Å². The van der Waals surface area contributed by atoms with Gasteiger partial charge in [-0.25, -0.2) is 8.42 Å². The van der Waals surface area contributed by atoms with Gasteiger partial charge in [0, 0.05) is 30.6 Å². The highest BCUT2D eigenvalue weighted by Crippen LogP contribution is 2.28. The van der Waals surface area contributed by atoms with Gasteiger partial charge in [0.05, 0.1) is 17.0 Å². The van der Waals surface area contributed by atoms with Gasteiger partial charge in [-0.15, -0.1) is 11.8 Å². The molecule has 10 heteroatoms. The Labute approximate surface area is 210 Å². The molecule has 0 radical (unpaired) electrons. The van der Waals surface area contributed by atoms with E-state index in [1.807, 2.05) is 30.5 Å². The molecule has 8 nitrogen and oxygen atoms in total. The van der Waals surface area contributed by atoms with E-state index >= 15 is 0 Å². The van der Waals surface area contributed by atoms with Gasteiger partial charge in [0.15, 0.2) is 0 Å². The topological polar surface area (TPSA) is 96.6 Å². The van der Waals surface area contributed by atoms with Crippen molar-refractivity contribution in [1.82, 2.24) is 19.3 Å². The fraction of sp³-hybridized carbons (Fsp3) is 0.400. The maximum absolute atomic E-state index is 13.3. The predicted molar refractivity (Wildman–Crippen MR) is 136 cm³/mol. The molecule has 4 rings (SSSR count). The van der Waals surface area contributed by atoms with Crippen molar-refractivity contribution in [3.63, 3.8) is 0 Å². The Balaban J connectivity index is 1.53. The molecular formula is C25H30N4O4S2. The maximum atomic E-state index is 13.3. The molecule has 0 spiro atoms. The summed E-state index contributed by atoms with van der Waals surface area (Å²) in [6.45, 7) is 5.56. The highest BCUT2D eigenvalue weighted by Gasteiger charge is 2.27. The minimum atomic E-state index is -3.89. The van der Waals surface area contributed by atoms with Crippen molar-refractivity contribution in [2.75, 3.05) is 26.4 Å². The third-order valence-electron chi connectivity index (χ3n) is 6.16. The van der Waals surface area contributed by atoms with Crippen molar-refractivity contribution in [3.8, 4) is 11.4 Å². The lowest BCUT2D eigenvalue weighted by molar-refractivity contribution is 0.0789. The van der Waals surface area contributed by atoms with Crippen LogP contribution in [0.5, 0.6) is 0 Å². The first-order valence-corrected chi connectivity index (χ1v) is 14.2. The first-order valence-electron chi connectivity index (χ1n) is 11.6. The molecule has 2 heterocycles. The summed E-state index contributed by atoms with van der Waals surface area (Å²) in [5, 5.41) is 4.01. The first-order chi connectivity index (χ1) is 16.7. The van der Waals surface area contributed by atoms with E-state index in [1.54, 1.807) is 11.0 Å². The Morgan fingerprint density at radius 1 is 1.14 bits per heavy atom. The van der Waals surface area contributed by atoms with Gasteiger partial charge in [0.1, 0.15) is 0 Å². The van der Waals surface area contributed by atoms with E-state index in [1.165, 1.54) is 36.5 Å². The van der Waals surface area contributed by atoms with Gasteiger partial charge in [-0.2, -0.15) is 9.29 Å². The third kappa shape index (κ3) is 5.44. The van der Waals surface area contributed by atoms with Gasteiger partial charge in [-0.3, -0.25) is 4.79 Å². The SMILES string of the molecule is CSc1ccc(S(=O)(=O)N(C)Cc2nc(-c3ccc(C(C)C)cc3)no2)cc1C(=O)N1CCCC1. The van der Waals surface area contributed by atoms with E-state index in [4.69, 9.17) is 4.52 Å². The summed E-state index contributed by atoms with van der Waals surface area (Å²) in [6.07, 6.45) is 3.81. The zero-order chi connectivity index (χ0) is 25.2. The highest BCUT2D eigenvalue weighted by atomic mass is 32.2. The van der Waals surface area contributed by atoms with E-state index in [0.29, 0.717) is 30.4 Å². The van der Waals surface area contributed by atoms with Crippen LogP contribution in [-0.2, 0) is 16.6 Å². The van der Waals surface area contributed by atoms with E-state index in [2.05, 4.69) is 24.0 Å². The van der Waals surface area contributed by atoms with Crippen LogP contribution in [-0.4, -0.2) is 60.1 Å². The molecule has 0 saturated carbocycles. The van der Waals surface area contributed by atoms with Crippen LogP contribution >= 0.6 is 11.8 Å². The minimum Gasteiger partial charge on any atom is -0.339 e. The Morgan fingerprint density at radius 3 is 2.46 bits per heavy atom. The van der Waals surface area contributed by atoms with E-state index in [0.717, 1.165) is 27.6 Å². The molecule has 1 aliphatic heterocycles. The number of likely N-dealkylation sites (tertiary alicyclic amines) is 1. The number of carbonyl (C=O) groups excluding carboxylic acids is 1. The van der Waals surface area contributed by atoms with E-state index < -0.39 is 10.0 Å². The summed E-state index contributed by atoms with van der Waals surface area (Å²) in [7, 11) is -2.43. The summed E-state index contributed by atoms with van der Waals surface area (Å²) >= 11 is 1.43. The average Bonchev–Trinajstić information content (AvgIpc) is 3.56. The molecule has 0 bridgehead atoms. The standard InChI is InChI=1S/C25H30N4O4S2/c1-17(2)18-7-9-19(10-8-18)24-26-23(33-27-24)16-28(3)35(31,32)20-11-12-22(34-4)21(15-20)25(30)29-13-5-6-14-29/h7-12,15,17H,5-6,13-14,16H2,1-4H3. The molecule has 1 amide bonds. The molecule has 0 N–H and O–H groups in total. The molecule has 1 aromatic heterocycles. The van der Waals surface area contributed by atoms with Gasteiger partial charge >= 0.3 is 0 Å². The highest BCUT2D eigenvalue weighted by molar-refractivity contribution is 7.98. The zero-order valence-electron chi connectivity index (χ0n) is 20.4. The predicted octanol–water partition coefficient (Wildman–Crippen LogP) is 4.64. The number of hydrogen-bond acceptors (Lipinski definition) is 7. The Bertz CT molecular complexity index is 1300. The molecule has 0 unspecified atom stereocenters. The molecule has 1 saturated heterocycles. The van der Waals surface area contributed by atoms with Gasteiger partial charge in [-0.1, -0.05) is 43.3 Å².